The van der Waals surface area contributed by atoms with Crippen molar-refractivity contribution in [3.05, 3.63) is 60.8 Å². The first-order valence-corrected chi connectivity index (χ1v) is 21.3. The maximum Gasteiger partial charge on any atom is 0.472 e. The van der Waals surface area contributed by atoms with Gasteiger partial charge in [0.2, 0.25) is 0 Å². The highest BCUT2D eigenvalue weighted by Gasteiger charge is 2.28. The van der Waals surface area contributed by atoms with Crippen LogP contribution >= 0.6 is 7.82 Å². The highest BCUT2D eigenvalue weighted by molar-refractivity contribution is 7.47. The number of nitrogens with two attached hydrogens (primary N) is 1. The van der Waals surface area contributed by atoms with Gasteiger partial charge in [-0.1, -0.05) is 139 Å². The van der Waals surface area contributed by atoms with E-state index >= 15 is 0 Å². The lowest BCUT2D eigenvalue weighted by Crippen LogP contribution is -2.34. The summed E-state index contributed by atoms with van der Waals surface area (Å²) in [6.45, 7) is 2.61. The standard InChI is InChI=1S/C41H70NO10P/c1-3-5-7-9-11-13-15-16-17-18-19-20-21-22-23-25-26-28-30-32-39(43)49-34-37(35-50-53(47,48)51-36-38(42)41(45)46)52-40(44)33-31-29-27-24-14-12-10-8-6-4-2/h5,7,11,13,16-17,19-20,22-23,37-38H,3-4,6,8-10,12,14-15,18,21,24-36,42H2,1-2H3,(H,45,46)(H,47,48)/b7-5+,13-11+,17-16+,20-19+,23-22+/t37-,38+/m0/s1. The molecule has 0 aromatic heterocycles. The number of carbonyl (C=O) groups excluding carboxylic acids is 2. The molecule has 0 fully saturated rings. The van der Waals surface area contributed by atoms with Crippen molar-refractivity contribution in [1.82, 2.24) is 0 Å². The van der Waals surface area contributed by atoms with Gasteiger partial charge in [0.25, 0.3) is 0 Å². The molecular formula is C41H70NO10P. The predicted molar refractivity (Wildman–Crippen MR) is 212 cm³/mol. The fraction of sp³-hybridized carbons (Fsp3) is 0.683. The number of allylic oxidation sites excluding steroid dienone is 10. The van der Waals surface area contributed by atoms with Gasteiger partial charge < -0.3 is 25.2 Å². The number of unbranched alkanes of at least 4 members (excludes halogenated alkanes) is 12. The minimum atomic E-state index is -4.72. The van der Waals surface area contributed by atoms with E-state index in [4.69, 9.17) is 24.8 Å². The summed E-state index contributed by atoms with van der Waals surface area (Å²) in [7, 11) is -4.72. The highest BCUT2D eigenvalue weighted by atomic mass is 31.2. The number of carbonyl (C=O) groups is 3. The normalized spacial score (nSPS) is 14.5. The number of phosphoric acid groups is 1. The molecule has 0 aromatic carbocycles. The number of hydrogen-bond acceptors (Lipinski definition) is 9. The Morgan fingerprint density at radius 2 is 1.06 bits per heavy atom. The number of phosphoric ester groups is 1. The number of carboxylic acid groups (broad SMARTS) is 1. The van der Waals surface area contributed by atoms with Gasteiger partial charge in [0, 0.05) is 12.8 Å². The van der Waals surface area contributed by atoms with E-state index < -0.39 is 51.1 Å². The lowest BCUT2D eigenvalue weighted by atomic mass is 10.1. The molecule has 0 amide bonds. The molecule has 0 heterocycles. The third-order valence-electron chi connectivity index (χ3n) is 8.03. The Bertz CT molecular complexity index is 1130. The summed E-state index contributed by atoms with van der Waals surface area (Å²) in [5.41, 5.74) is 5.31. The van der Waals surface area contributed by atoms with E-state index in [9.17, 15) is 23.8 Å². The smallest absolute Gasteiger partial charge is 0.472 e. The minimum Gasteiger partial charge on any atom is -0.480 e. The van der Waals surface area contributed by atoms with Crippen LogP contribution < -0.4 is 5.73 Å². The SMILES string of the molecule is CC/C=C/C/C=C/C/C=C/C/C=C/C/C=C/CCCCCC(=O)OC[C@@H](COP(=O)(O)OC[C@@H](N)C(=O)O)OC(=O)CCCCCCCCCCCC. The molecule has 0 rings (SSSR count). The Balaban J connectivity index is 4.44. The summed E-state index contributed by atoms with van der Waals surface area (Å²) >= 11 is 0. The number of hydrogen-bond donors (Lipinski definition) is 3. The first-order chi connectivity index (χ1) is 25.6. The highest BCUT2D eigenvalue weighted by Crippen LogP contribution is 2.43. The van der Waals surface area contributed by atoms with Gasteiger partial charge >= 0.3 is 25.7 Å². The van der Waals surface area contributed by atoms with Crippen molar-refractivity contribution in [2.45, 2.75) is 161 Å². The molecule has 0 aliphatic heterocycles. The number of esters is 2. The fourth-order valence-corrected chi connectivity index (χ4v) is 5.69. The molecule has 1 unspecified atom stereocenters. The van der Waals surface area contributed by atoms with E-state index in [0.717, 1.165) is 70.6 Å². The molecule has 304 valence electrons. The molecule has 0 aliphatic rings. The molecule has 0 saturated carbocycles. The molecule has 11 nitrogen and oxygen atoms in total. The molecule has 12 heteroatoms. The van der Waals surface area contributed by atoms with Gasteiger partial charge in [-0.3, -0.25) is 23.4 Å². The van der Waals surface area contributed by atoms with Crippen LogP contribution in [-0.4, -0.2) is 59.9 Å². The zero-order chi connectivity index (χ0) is 39.3. The average Bonchev–Trinajstić information content (AvgIpc) is 3.13. The van der Waals surface area contributed by atoms with Gasteiger partial charge in [0.05, 0.1) is 13.2 Å². The third-order valence-corrected chi connectivity index (χ3v) is 8.98. The van der Waals surface area contributed by atoms with E-state index in [1.807, 2.05) is 0 Å². The van der Waals surface area contributed by atoms with Crippen molar-refractivity contribution in [1.29, 1.82) is 0 Å². The summed E-state index contributed by atoms with van der Waals surface area (Å²) in [4.78, 5) is 45.7. The molecule has 0 aliphatic carbocycles. The van der Waals surface area contributed by atoms with E-state index in [1.54, 1.807) is 0 Å². The Morgan fingerprint density at radius 3 is 1.58 bits per heavy atom. The maximum absolute atomic E-state index is 12.5. The van der Waals surface area contributed by atoms with Crippen LogP contribution in [0, 0.1) is 0 Å². The Morgan fingerprint density at radius 1 is 0.604 bits per heavy atom. The Labute approximate surface area is 319 Å². The van der Waals surface area contributed by atoms with E-state index in [0.29, 0.717) is 12.8 Å². The van der Waals surface area contributed by atoms with Gasteiger partial charge in [-0.2, -0.15) is 0 Å². The lowest BCUT2D eigenvalue weighted by Gasteiger charge is -2.20. The first kappa shape index (κ1) is 50.2. The predicted octanol–water partition coefficient (Wildman–Crippen LogP) is 10.00. The third kappa shape index (κ3) is 36.0. The van der Waals surface area contributed by atoms with E-state index in [-0.39, 0.29) is 19.4 Å². The molecule has 3 atom stereocenters. The van der Waals surface area contributed by atoms with E-state index in [2.05, 4.69) is 79.1 Å². The molecule has 53 heavy (non-hydrogen) atoms. The zero-order valence-corrected chi connectivity index (χ0v) is 33.5. The van der Waals surface area contributed by atoms with Gasteiger partial charge in [-0.15, -0.1) is 0 Å². The molecule has 4 N–H and O–H groups in total. The van der Waals surface area contributed by atoms with Crippen molar-refractivity contribution in [3.63, 3.8) is 0 Å². The lowest BCUT2D eigenvalue weighted by molar-refractivity contribution is -0.161. The molecule has 0 saturated heterocycles. The summed E-state index contributed by atoms with van der Waals surface area (Å²) in [6.07, 6.45) is 40.1. The number of rotatable bonds is 36. The van der Waals surface area contributed by atoms with Gasteiger partial charge in [0.1, 0.15) is 12.6 Å². The topological polar surface area (TPSA) is 172 Å². The minimum absolute atomic E-state index is 0.152. The quantitative estimate of drug-likeness (QED) is 0.0240. The summed E-state index contributed by atoms with van der Waals surface area (Å²) in [5.74, 6) is -2.43. The largest absolute Gasteiger partial charge is 0.480 e. The summed E-state index contributed by atoms with van der Waals surface area (Å²) in [6, 6.07) is -1.53. The summed E-state index contributed by atoms with van der Waals surface area (Å²) in [5, 5.41) is 8.86. The molecule has 0 spiro atoms. The molecule has 0 bridgehead atoms. The maximum atomic E-state index is 12.5. The van der Waals surface area contributed by atoms with Gasteiger partial charge in [-0.05, 0) is 57.8 Å². The number of aliphatic carboxylic acids is 1. The van der Waals surface area contributed by atoms with Crippen LogP contribution in [0.1, 0.15) is 149 Å². The van der Waals surface area contributed by atoms with Crippen LogP contribution in [0.5, 0.6) is 0 Å². The van der Waals surface area contributed by atoms with Crippen LogP contribution in [0.2, 0.25) is 0 Å². The number of ether oxygens (including phenoxy) is 2. The number of carboxylic acids is 1. The van der Waals surface area contributed by atoms with Crippen molar-refractivity contribution in [3.8, 4) is 0 Å². The van der Waals surface area contributed by atoms with Crippen molar-refractivity contribution < 1.29 is 47.5 Å². The zero-order valence-electron chi connectivity index (χ0n) is 32.6. The van der Waals surface area contributed by atoms with Crippen LogP contribution in [-0.2, 0) is 37.5 Å². The second kappa shape index (κ2) is 36.2. The van der Waals surface area contributed by atoms with Crippen molar-refractivity contribution in [2.75, 3.05) is 19.8 Å². The van der Waals surface area contributed by atoms with Gasteiger partial charge in [0.15, 0.2) is 6.10 Å². The Kier molecular flexibility index (Phi) is 34.2. The average molecular weight is 768 g/mol. The van der Waals surface area contributed by atoms with Gasteiger partial charge in [-0.25, -0.2) is 4.57 Å². The second-order valence-corrected chi connectivity index (χ2v) is 14.5. The van der Waals surface area contributed by atoms with Crippen molar-refractivity contribution in [2.24, 2.45) is 5.73 Å². The Hall–Kier alpha value is -2.82. The van der Waals surface area contributed by atoms with Crippen LogP contribution in [0.25, 0.3) is 0 Å². The van der Waals surface area contributed by atoms with Crippen LogP contribution in [0.15, 0.2) is 60.8 Å². The van der Waals surface area contributed by atoms with Crippen LogP contribution in [0.4, 0.5) is 0 Å². The first-order valence-electron chi connectivity index (χ1n) is 19.8. The molecule has 0 radical (unpaired) electrons. The second-order valence-electron chi connectivity index (χ2n) is 13.0. The van der Waals surface area contributed by atoms with Crippen LogP contribution in [0.3, 0.4) is 0 Å². The van der Waals surface area contributed by atoms with Crippen molar-refractivity contribution >= 4 is 25.7 Å². The summed E-state index contributed by atoms with van der Waals surface area (Å²) < 4.78 is 32.5. The van der Waals surface area contributed by atoms with E-state index in [1.165, 1.54) is 38.5 Å². The molecule has 0 aromatic rings. The molecular weight excluding hydrogens is 697 g/mol. The fourth-order valence-electron chi connectivity index (χ4n) is 4.91. The monoisotopic (exact) mass is 767 g/mol.